The number of fused-ring (bicyclic) bond motifs is 3. The van der Waals surface area contributed by atoms with Gasteiger partial charge in [-0.05, 0) is 62.4 Å². The van der Waals surface area contributed by atoms with Crippen molar-refractivity contribution in [3.8, 4) is 0 Å². The highest BCUT2D eigenvalue weighted by Crippen LogP contribution is 2.38. The predicted molar refractivity (Wildman–Crippen MR) is 122 cm³/mol. The molecule has 30 heavy (non-hydrogen) atoms. The van der Waals surface area contributed by atoms with Crippen LogP contribution in [0.2, 0.25) is 0 Å². The zero-order chi connectivity index (χ0) is 20.7. The van der Waals surface area contributed by atoms with Gasteiger partial charge in [0.25, 0.3) is 5.91 Å². The monoisotopic (exact) mass is 403 g/mol. The lowest BCUT2D eigenvalue weighted by molar-refractivity contribution is -0.127. The van der Waals surface area contributed by atoms with Crippen LogP contribution in [0.15, 0.2) is 53.6 Å². The molecule has 5 heteroatoms. The maximum Gasteiger partial charge on any atom is 0.251 e. The highest BCUT2D eigenvalue weighted by atomic mass is 16.5. The molecule has 1 atom stereocenters. The Hall–Kier alpha value is -2.79. The van der Waals surface area contributed by atoms with Gasteiger partial charge in [0.2, 0.25) is 0 Å². The first-order valence-electron chi connectivity index (χ1n) is 11.0. The molecule has 2 aromatic carbocycles. The van der Waals surface area contributed by atoms with E-state index in [0.717, 1.165) is 43.5 Å². The normalized spacial score (nSPS) is 19.2. The van der Waals surface area contributed by atoms with Crippen LogP contribution in [-0.4, -0.2) is 41.8 Å². The second-order valence-electron chi connectivity index (χ2n) is 8.24. The van der Waals surface area contributed by atoms with Gasteiger partial charge < -0.3 is 19.5 Å². The maximum absolute atomic E-state index is 13.0. The molecule has 0 saturated heterocycles. The Morgan fingerprint density at radius 3 is 2.70 bits per heavy atom. The van der Waals surface area contributed by atoms with Crippen LogP contribution in [-0.2, 0) is 16.1 Å². The minimum atomic E-state index is -0.0695. The molecule has 5 rings (SSSR count). The maximum atomic E-state index is 13.0. The Morgan fingerprint density at radius 1 is 1.07 bits per heavy atom. The van der Waals surface area contributed by atoms with Crippen molar-refractivity contribution in [3.63, 3.8) is 0 Å². The molecule has 0 bridgehead atoms. The number of nitrogens with zero attached hydrogens (tertiary/aromatic N) is 2. The average Bonchev–Trinajstić information content (AvgIpc) is 3.24. The number of ether oxygens (including phenoxy) is 1. The topological polar surface area (TPSA) is 46.5 Å². The lowest BCUT2D eigenvalue weighted by Gasteiger charge is -2.29. The number of rotatable bonds is 6. The Kier molecular flexibility index (Phi) is 4.99. The summed E-state index contributed by atoms with van der Waals surface area (Å²) in [5.74, 6) is 0.183. The number of anilines is 1. The summed E-state index contributed by atoms with van der Waals surface area (Å²) in [4.78, 5) is 15.0. The van der Waals surface area contributed by atoms with Crippen LogP contribution in [0.25, 0.3) is 21.8 Å². The summed E-state index contributed by atoms with van der Waals surface area (Å²) >= 11 is 0. The van der Waals surface area contributed by atoms with Gasteiger partial charge in [-0.1, -0.05) is 18.2 Å². The quantitative estimate of drug-likeness (QED) is 0.636. The fraction of sp³-hybridized carbons (Fsp3) is 0.400. The fourth-order valence-electron chi connectivity index (χ4n) is 5.18. The highest BCUT2D eigenvalue weighted by Gasteiger charge is 2.39. The van der Waals surface area contributed by atoms with Gasteiger partial charge in [0.15, 0.2) is 0 Å². The van der Waals surface area contributed by atoms with Crippen LogP contribution in [0.3, 0.4) is 0 Å². The van der Waals surface area contributed by atoms with Gasteiger partial charge in [0.05, 0.1) is 6.61 Å². The molecule has 156 valence electrons. The molecule has 1 aliphatic heterocycles. The SMILES string of the molecule is CCn1c2ccccc2c2cc(N[C@@H]3C4=C(CCCC4)C(=O)N3CCOC)ccc21. The third-order valence-corrected chi connectivity index (χ3v) is 6.60. The van der Waals surface area contributed by atoms with Gasteiger partial charge in [-0.2, -0.15) is 0 Å². The first-order valence-corrected chi connectivity index (χ1v) is 11.0. The Bertz CT molecular complexity index is 1140. The number of aromatic nitrogens is 1. The molecule has 0 unspecified atom stereocenters. The lowest BCUT2D eigenvalue weighted by Crippen LogP contribution is -2.42. The molecule has 2 aliphatic rings. The molecule has 1 N–H and O–H groups in total. The number of carbonyl (C=O) groups is 1. The molecule has 5 nitrogen and oxygen atoms in total. The van der Waals surface area contributed by atoms with E-state index in [4.69, 9.17) is 4.74 Å². The molecule has 1 aromatic heterocycles. The van der Waals surface area contributed by atoms with Crippen LogP contribution < -0.4 is 5.32 Å². The number of aryl methyl sites for hydroxylation is 1. The van der Waals surface area contributed by atoms with Crippen molar-refractivity contribution in [1.82, 2.24) is 9.47 Å². The minimum Gasteiger partial charge on any atom is -0.383 e. The molecular formula is C25H29N3O2. The third kappa shape index (κ3) is 3.00. The molecule has 2 heterocycles. The molecular weight excluding hydrogens is 374 g/mol. The van der Waals surface area contributed by atoms with Gasteiger partial charge in [-0.25, -0.2) is 0 Å². The van der Waals surface area contributed by atoms with Crippen LogP contribution in [0, 0.1) is 0 Å². The zero-order valence-electron chi connectivity index (χ0n) is 17.8. The standard InChI is InChI=1S/C25H29N3O2/c1-3-27-22-11-7-6-8-18(22)21-16-17(12-13-23(21)27)26-24-19-9-4-5-10-20(19)25(29)28(24)14-15-30-2/h6-8,11-13,16,24,26H,3-5,9-10,14-15H2,1-2H3/t24-/m0/s1. The number of amides is 1. The van der Waals surface area contributed by atoms with Crippen molar-refractivity contribution in [2.45, 2.75) is 45.3 Å². The number of nitrogens with one attached hydrogen (secondary N) is 1. The molecule has 0 radical (unpaired) electrons. The number of para-hydroxylation sites is 1. The lowest BCUT2D eigenvalue weighted by atomic mass is 9.92. The molecule has 3 aromatic rings. The van der Waals surface area contributed by atoms with Gasteiger partial charge in [-0.3, -0.25) is 4.79 Å². The summed E-state index contributed by atoms with van der Waals surface area (Å²) in [6, 6.07) is 15.2. The van der Waals surface area contributed by atoms with E-state index in [1.165, 1.54) is 27.4 Å². The van der Waals surface area contributed by atoms with Gasteiger partial charge in [0, 0.05) is 53.3 Å². The van der Waals surface area contributed by atoms with Crippen molar-refractivity contribution in [2.24, 2.45) is 0 Å². The smallest absolute Gasteiger partial charge is 0.251 e. The van der Waals surface area contributed by atoms with E-state index in [0.29, 0.717) is 13.2 Å². The summed E-state index contributed by atoms with van der Waals surface area (Å²) in [6.45, 7) is 4.28. The van der Waals surface area contributed by atoms with Crippen molar-refractivity contribution in [3.05, 3.63) is 53.6 Å². The van der Waals surface area contributed by atoms with Crippen molar-refractivity contribution >= 4 is 33.4 Å². The summed E-state index contributed by atoms with van der Waals surface area (Å²) < 4.78 is 7.64. The van der Waals surface area contributed by atoms with Crippen LogP contribution in [0.4, 0.5) is 5.69 Å². The number of carbonyl (C=O) groups excluding carboxylic acids is 1. The first-order chi connectivity index (χ1) is 14.7. The summed E-state index contributed by atoms with van der Waals surface area (Å²) in [5, 5.41) is 6.22. The van der Waals surface area contributed by atoms with Crippen molar-refractivity contribution < 1.29 is 9.53 Å². The van der Waals surface area contributed by atoms with E-state index >= 15 is 0 Å². The molecule has 0 fully saturated rings. The number of hydrogen-bond donors (Lipinski definition) is 1. The van der Waals surface area contributed by atoms with E-state index in [1.807, 2.05) is 4.90 Å². The van der Waals surface area contributed by atoms with Gasteiger partial charge >= 0.3 is 0 Å². The average molecular weight is 404 g/mol. The number of benzene rings is 2. The molecule has 1 aliphatic carbocycles. The summed E-state index contributed by atoms with van der Waals surface area (Å²) in [7, 11) is 1.69. The fourth-order valence-corrected chi connectivity index (χ4v) is 5.18. The van der Waals surface area contributed by atoms with Crippen LogP contribution in [0.5, 0.6) is 0 Å². The van der Waals surface area contributed by atoms with Crippen LogP contribution >= 0.6 is 0 Å². The van der Waals surface area contributed by atoms with Gasteiger partial charge in [-0.15, -0.1) is 0 Å². The molecule has 1 amide bonds. The second-order valence-corrected chi connectivity index (χ2v) is 8.24. The molecule has 0 spiro atoms. The second kappa shape index (κ2) is 7.80. The largest absolute Gasteiger partial charge is 0.383 e. The Labute approximate surface area is 177 Å². The van der Waals surface area contributed by atoms with Crippen LogP contribution in [0.1, 0.15) is 32.6 Å². The first kappa shape index (κ1) is 19.2. The minimum absolute atomic E-state index is 0.0695. The van der Waals surface area contributed by atoms with E-state index in [1.54, 1.807) is 7.11 Å². The number of methoxy groups -OCH3 is 1. The van der Waals surface area contributed by atoms with E-state index in [9.17, 15) is 4.79 Å². The van der Waals surface area contributed by atoms with E-state index < -0.39 is 0 Å². The van der Waals surface area contributed by atoms with E-state index in [2.05, 4.69) is 59.3 Å². The van der Waals surface area contributed by atoms with E-state index in [-0.39, 0.29) is 12.1 Å². The summed E-state index contributed by atoms with van der Waals surface area (Å²) in [6.07, 6.45) is 4.10. The number of hydrogen-bond acceptors (Lipinski definition) is 3. The molecule has 0 saturated carbocycles. The summed E-state index contributed by atoms with van der Waals surface area (Å²) in [5.41, 5.74) is 5.88. The predicted octanol–water partition coefficient (Wildman–Crippen LogP) is 4.91. The zero-order valence-corrected chi connectivity index (χ0v) is 17.8. The van der Waals surface area contributed by atoms with Crippen molar-refractivity contribution in [2.75, 3.05) is 25.6 Å². The Morgan fingerprint density at radius 2 is 1.87 bits per heavy atom. The Balaban J connectivity index is 1.54. The van der Waals surface area contributed by atoms with Gasteiger partial charge in [0.1, 0.15) is 6.17 Å². The highest BCUT2D eigenvalue weighted by molar-refractivity contribution is 6.09. The third-order valence-electron chi connectivity index (χ3n) is 6.60. The van der Waals surface area contributed by atoms with Crippen molar-refractivity contribution in [1.29, 1.82) is 0 Å².